The summed E-state index contributed by atoms with van der Waals surface area (Å²) >= 11 is 0. The van der Waals surface area contributed by atoms with E-state index in [-0.39, 0.29) is 24.7 Å². The molecule has 0 saturated heterocycles. The molecule has 0 aromatic heterocycles. The molecule has 8 nitrogen and oxygen atoms in total. The first kappa shape index (κ1) is 27.8. The summed E-state index contributed by atoms with van der Waals surface area (Å²) in [6, 6.07) is 35.5. The highest BCUT2D eigenvalue weighted by molar-refractivity contribution is 6.04. The lowest BCUT2D eigenvalue weighted by atomic mass is 10.1. The van der Waals surface area contributed by atoms with E-state index in [9.17, 15) is 19.8 Å². The number of carbonyl (C=O) groups is 2. The van der Waals surface area contributed by atoms with Crippen molar-refractivity contribution in [1.82, 2.24) is 0 Å². The number of carboxylic acids is 2. The molecular weight excluding hydrogens is 536 g/mol. The van der Waals surface area contributed by atoms with Gasteiger partial charge >= 0.3 is 11.9 Å². The lowest BCUT2D eigenvalue weighted by Gasteiger charge is -2.17. The van der Waals surface area contributed by atoms with Gasteiger partial charge in [-0.25, -0.2) is 9.59 Å². The average molecular weight is 563 g/mol. The molecule has 5 aromatic carbocycles. The van der Waals surface area contributed by atoms with Crippen molar-refractivity contribution in [2.75, 3.05) is 0 Å². The normalized spacial score (nSPS) is 10.5. The first-order chi connectivity index (χ1) is 20.5. The molecule has 0 radical (unpaired) electrons. The molecule has 0 aliphatic carbocycles. The minimum atomic E-state index is -1.45. The van der Waals surface area contributed by atoms with Crippen molar-refractivity contribution < 1.29 is 38.7 Å². The maximum Gasteiger partial charge on any atom is 0.340 e. The molecule has 0 atom stereocenters. The smallest absolute Gasteiger partial charge is 0.340 e. The highest BCUT2D eigenvalue weighted by atomic mass is 16.5. The Labute approximate surface area is 241 Å². The maximum absolute atomic E-state index is 12.2. The van der Waals surface area contributed by atoms with Crippen molar-refractivity contribution in [2.45, 2.75) is 13.2 Å². The summed E-state index contributed by atoms with van der Waals surface area (Å²) in [5.41, 5.74) is 0.513. The minimum absolute atomic E-state index is 0.0498. The lowest BCUT2D eigenvalue weighted by Crippen LogP contribution is -2.12. The third kappa shape index (κ3) is 7.05. The van der Waals surface area contributed by atoms with E-state index in [0.717, 1.165) is 5.56 Å². The van der Waals surface area contributed by atoms with Gasteiger partial charge in [0.05, 0.1) is 5.56 Å². The van der Waals surface area contributed by atoms with E-state index in [0.29, 0.717) is 28.6 Å². The SMILES string of the molecule is O=C(O)c1ccc(OCc2cccc(Oc3ccccc3)c2)c(OCc2cccc(Oc3ccccc3)c2)c1C(=O)O. The predicted octanol–water partition coefficient (Wildman–Crippen LogP) is 7.83. The van der Waals surface area contributed by atoms with E-state index in [2.05, 4.69) is 0 Å². The van der Waals surface area contributed by atoms with E-state index >= 15 is 0 Å². The summed E-state index contributed by atoms with van der Waals surface area (Å²) in [5, 5.41) is 19.6. The van der Waals surface area contributed by atoms with Gasteiger partial charge in [-0.1, -0.05) is 60.7 Å². The van der Waals surface area contributed by atoms with Crippen LogP contribution in [0, 0.1) is 0 Å². The quantitative estimate of drug-likeness (QED) is 0.158. The largest absolute Gasteiger partial charge is 0.485 e. The van der Waals surface area contributed by atoms with Crippen molar-refractivity contribution in [3.63, 3.8) is 0 Å². The molecule has 0 aliphatic rings. The van der Waals surface area contributed by atoms with Crippen LogP contribution < -0.4 is 18.9 Å². The van der Waals surface area contributed by atoms with Crippen LogP contribution in [0.4, 0.5) is 0 Å². The summed E-state index contributed by atoms with van der Waals surface area (Å²) in [6.07, 6.45) is 0. The number of hydrogen-bond donors (Lipinski definition) is 2. The second-order valence-corrected chi connectivity index (χ2v) is 9.13. The zero-order chi connectivity index (χ0) is 29.3. The fourth-order valence-electron chi connectivity index (χ4n) is 4.17. The number of ether oxygens (including phenoxy) is 4. The molecule has 0 spiro atoms. The summed E-state index contributed by atoms with van der Waals surface area (Å²) < 4.78 is 23.7. The molecule has 0 aliphatic heterocycles. The van der Waals surface area contributed by atoms with Crippen LogP contribution in [-0.4, -0.2) is 22.2 Å². The van der Waals surface area contributed by atoms with Gasteiger partial charge in [0.2, 0.25) is 0 Å². The van der Waals surface area contributed by atoms with E-state index in [1.54, 1.807) is 30.3 Å². The van der Waals surface area contributed by atoms with Crippen molar-refractivity contribution in [1.29, 1.82) is 0 Å². The topological polar surface area (TPSA) is 112 Å². The van der Waals surface area contributed by atoms with E-state index < -0.39 is 23.1 Å². The Hall–Kier alpha value is -5.76. The molecule has 5 rings (SSSR count). The monoisotopic (exact) mass is 562 g/mol. The predicted molar refractivity (Wildman–Crippen MR) is 155 cm³/mol. The van der Waals surface area contributed by atoms with Crippen LogP contribution in [0.5, 0.6) is 34.5 Å². The van der Waals surface area contributed by atoms with Crippen molar-refractivity contribution in [3.8, 4) is 34.5 Å². The Morgan fingerprint density at radius 1 is 0.524 bits per heavy atom. The molecule has 2 N–H and O–H groups in total. The molecule has 5 aromatic rings. The fraction of sp³-hybridized carbons (Fsp3) is 0.0588. The number of para-hydroxylation sites is 2. The van der Waals surface area contributed by atoms with Crippen LogP contribution >= 0.6 is 0 Å². The third-order valence-corrected chi connectivity index (χ3v) is 6.10. The lowest BCUT2D eigenvalue weighted by molar-refractivity contribution is 0.0646. The Bertz CT molecular complexity index is 1680. The highest BCUT2D eigenvalue weighted by Crippen LogP contribution is 2.36. The first-order valence-electron chi connectivity index (χ1n) is 13.0. The van der Waals surface area contributed by atoms with E-state index in [4.69, 9.17) is 18.9 Å². The molecule has 0 amide bonds. The third-order valence-electron chi connectivity index (χ3n) is 6.10. The summed E-state index contributed by atoms with van der Waals surface area (Å²) in [7, 11) is 0. The second kappa shape index (κ2) is 13.1. The van der Waals surface area contributed by atoms with Gasteiger partial charge in [0.15, 0.2) is 11.5 Å². The molecule has 8 heteroatoms. The van der Waals surface area contributed by atoms with Crippen LogP contribution in [0.2, 0.25) is 0 Å². The standard InChI is InChI=1S/C34H26O8/c35-33(36)29-17-18-30(39-21-23-9-7-15-27(19-23)41-25-11-3-1-4-12-25)32(31(29)34(37)38)40-22-24-10-8-16-28(20-24)42-26-13-5-2-6-14-26/h1-20H,21-22H2,(H,35,36)(H,37,38). The molecule has 42 heavy (non-hydrogen) atoms. The molecule has 0 unspecified atom stereocenters. The highest BCUT2D eigenvalue weighted by Gasteiger charge is 2.25. The summed E-state index contributed by atoms with van der Waals surface area (Å²) in [4.78, 5) is 24.1. The van der Waals surface area contributed by atoms with Gasteiger partial charge in [-0.05, 0) is 71.8 Å². The molecule has 0 heterocycles. The average Bonchev–Trinajstić information content (AvgIpc) is 3.00. The minimum Gasteiger partial charge on any atom is -0.485 e. The number of carboxylic acid groups (broad SMARTS) is 2. The van der Waals surface area contributed by atoms with Gasteiger partial charge in [0, 0.05) is 0 Å². The van der Waals surface area contributed by atoms with Gasteiger partial charge in [-0.2, -0.15) is 0 Å². The maximum atomic E-state index is 12.2. The Morgan fingerprint density at radius 2 is 1.02 bits per heavy atom. The van der Waals surface area contributed by atoms with Crippen molar-refractivity contribution in [3.05, 3.63) is 144 Å². The van der Waals surface area contributed by atoms with Crippen molar-refractivity contribution >= 4 is 11.9 Å². The Kier molecular flexibility index (Phi) is 8.64. The summed E-state index contributed by atoms with van der Waals surface area (Å²) in [6.45, 7) is -0.0136. The van der Waals surface area contributed by atoms with E-state index in [1.165, 1.54) is 12.1 Å². The number of benzene rings is 5. The number of aromatic carboxylic acids is 2. The Morgan fingerprint density at radius 3 is 1.52 bits per heavy atom. The molecular formula is C34H26O8. The number of hydrogen-bond acceptors (Lipinski definition) is 6. The summed E-state index contributed by atoms with van der Waals surface area (Å²) in [5.74, 6) is -0.443. The zero-order valence-corrected chi connectivity index (χ0v) is 22.3. The molecule has 0 bridgehead atoms. The van der Waals surface area contributed by atoms with Crippen molar-refractivity contribution in [2.24, 2.45) is 0 Å². The van der Waals surface area contributed by atoms with E-state index in [1.807, 2.05) is 78.9 Å². The molecule has 210 valence electrons. The van der Waals surface area contributed by atoms with Gasteiger partial charge < -0.3 is 29.2 Å². The van der Waals surface area contributed by atoms with Crippen LogP contribution in [0.25, 0.3) is 0 Å². The van der Waals surface area contributed by atoms with Gasteiger partial charge in [0.25, 0.3) is 0 Å². The van der Waals surface area contributed by atoms with Crippen LogP contribution in [-0.2, 0) is 13.2 Å². The Balaban J connectivity index is 1.37. The van der Waals surface area contributed by atoms with Gasteiger partial charge in [-0.15, -0.1) is 0 Å². The van der Waals surface area contributed by atoms with Crippen LogP contribution in [0.3, 0.4) is 0 Å². The van der Waals surface area contributed by atoms with Crippen LogP contribution in [0.15, 0.2) is 121 Å². The molecule has 0 saturated carbocycles. The molecule has 0 fully saturated rings. The number of rotatable bonds is 12. The second-order valence-electron chi connectivity index (χ2n) is 9.13. The fourth-order valence-corrected chi connectivity index (χ4v) is 4.17. The van der Waals surface area contributed by atoms with Crippen LogP contribution in [0.1, 0.15) is 31.8 Å². The van der Waals surface area contributed by atoms with Gasteiger partial charge in [-0.3, -0.25) is 0 Å². The first-order valence-corrected chi connectivity index (χ1v) is 13.0. The van der Waals surface area contributed by atoms with Gasteiger partial charge in [0.1, 0.15) is 41.8 Å². The zero-order valence-electron chi connectivity index (χ0n) is 22.3.